The number of hydrogen-bond acceptors (Lipinski definition) is 5. The number of esters is 1. The van der Waals surface area contributed by atoms with Crippen LogP contribution in [0.15, 0.2) is 12.2 Å². The van der Waals surface area contributed by atoms with Crippen molar-refractivity contribution < 1.29 is 24.5 Å². The monoisotopic (exact) mass is 1130 g/mol. The van der Waals surface area contributed by atoms with E-state index >= 15 is 0 Å². The summed E-state index contributed by atoms with van der Waals surface area (Å²) in [7, 11) is 0. The van der Waals surface area contributed by atoms with Gasteiger partial charge in [-0.25, -0.2) is 0 Å². The molecule has 0 fully saturated rings. The van der Waals surface area contributed by atoms with Gasteiger partial charge in [0.15, 0.2) is 0 Å². The minimum absolute atomic E-state index is 0.0212. The Morgan fingerprint density at radius 1 is 0.338 bits per heavy atom. The molecule has 6 nitrogen and oxygen atoms in total. The van der Waals surface area contributed by atoms with Crippen LogP contribution in [0.5, 0.6) is 0 Å². The molecule has 476 valence electrons. The highest BCUT2D eigenvalue weighted by molar-refractivity contribution is 5.76. The number of amides is 1. The van der Waals surface area contributed by atoms with E-state index in [0.717, 1.165) is 38.5 Å². The predicted octanol–water partition coefficient (Wildman–Crippen LogP) is 23.9. The highest BCUT2D eigenvalue weighted by Gasteiger charge is 2.18. The Hall–Kier alpha value is -1.40. The average molecular weight is 1130 g/mol. The van der Waals surface area contributed by atoms with Gasteiger partial charge in [-0.3, -0.25) is 9.59 Å². The molecule has 0 radical (unpaired) electrons. The molecule has 0 bridgehead atoms. The third kappa shape index (κ3) is 65.7. The van der Waals surface area contributed by atoms with Crippen molar-refractivity contribution in [2.24, 2.45) is 0 Å². The number of aliphatic hydroxyl groups excluding tert-OH is 2. The molecular weight excluding hydrogens is 983 g/mol. The SMILES string of the molecule is CCCCCCCCCCCCCCCCCCCCC/C=C/C(O)C(CO)NC(=O)CCCCCCCCCCCCCCCCCCCCCCCCCCCOC(=O)CCCCCCCCCCCCCCCCCCC. The highest BCUT2D eigenvalue weighted by Crippen LogP contribution is 2.20. The largest absolute Gasteiger partial charge is 0.466 e. The topological polar surface area (TPSA) is 95.9 Å². The third-order valence-corrected chi connectivity index (χ3v) is 17.6. The number of unbranched alkanes of at least 4 members (excludes halogenated alkanes) is 59. The first kappa shape index (κ1) is 78.6. The van der Waals surface area contributed by atoms with Crippen LogP contribution in [0.1, 0.15) is 425 Å². The van der Waals surface area contributed by atoms with Crippen LogP contribution in [0.4, 0.5) is 0 Å². The van der Waals surface area contributed by atoms with Crippen LogP contribution >= 0.6 is 0 Å². The molecule has 80 heavy (non-hydrogen) atoms. The van der Waals surface area contributed by atoms with Gasteiger partial charge >= 0.3 is 5.97 Å². The first-order valence-corrected chi connectivity index (χ1v) is 37.0. The zero-order valence-corrected chi connectivity index (χ0v) is 54.6. The van der Waals surface area contributed by atoms with Crippen molar-refractivity contribution in [3.8, 4) is 0 Å². The van der Waals surface area contributed by atoms with Crippen molar-refractivity contribution >= 4 is 11.9 Å². The summed E-state index contributed by atoms with van der Waals surface area (Å²) in [4.78, 5) is 24.6. The number of aliphatic hydroxyl groups is 2. The maximum atomic E-state index is 12.5. The Morgan fingerprint density at radius 2 is 0.575 bits per heavy atom. The predicted molar refractivity (Wildman–Crippen MR) is 352 cm³/mol. The summed E-state index contributed by atoms with van der Waals surface area (Å²) in [6.07, 6.45) is 87.3. The minimum Gasteiger partial charge on any atom is -0.466 e. The van der Waals surface area contributed by atoms with Crippen molar-refractivity contribution in [3.63, 3.8) is 0 Å². The molecule has 3 N–H and O–H groups in total. The molecule has 0 aromatic rings. The normalized spacial score (nSPS) is 12.5. The second kappa shape index (κ2) is 70.1. The van der Waals surface area contributed by atoms with E-state index in [-0.39, 0.29) is 18.5 Å². The fourth-order valence-electron chi connectivity index (χ4n) is 11.9. The van der Waals surface area contributed by atoms with Gasteiger partial charge in [-0.15, -0.1) is 0 Å². The number of allylic oxidation sites excluding steroid dienone is 1. The molecule has 2 atom stereocenters. The first-order chi connectivity index (χ1) is 39.5. The Kier molecular flexibility index (Phi) is 68.9. The summed E-state index contributed by atoms with van der Waals surface area (Å²) < 4.78 is 5.51. The molecular formula is C74H145NO5. The molecule has 0 aromatic heterocycles. The van der Waals surface area contributed by atoms with E-state index in [1.54, 1.807) is 6.08 Å². The molecule has 0 aromatic carbocycles. The molecule has 6 heteroatoms. The lowest BCUT2D eigenvalue weighted by molar-refractivity contribution is -0.143. The number of hydrogen-bond donors (Lipinski definition) is 3. The molecule has 0 aliphatic carbocycles. The third-order valence-electron chi connectivity index (χ3n) is 17.6. The van der Waals surface area contributed by atoms with E-state index in [1.165, 1.54) is 360 Å². The number of rotatable bonds is 70. The van der Waals surface area contributed by atoms with Gasteiger partial charge in [-0.1, -0.05) is 392 Å². The summed E-state index contributed by atoms with van der Waals surface area (Å²) >= 11 is 0. The van der Waals surface area contributed by atoms with Crippen molar-refractivity contribution in [2.75, 3.05) is 13.2 Å². The summed E-state index contributed by atoms with van der Waals surface area (Å²) in [5.74, 6) is -0.0401. The lowest BCUT2D eigenvalue weighted by Gasteiger charge is -2.20. The van der Waals surface area contributed by atoms with Crippen LogP contribution in [-0.2, 0) is 14.3 Å². The van der Waals surface area contributed by atoms with E-state index in [0.29, 0.717) is 19.4 Å². The quantitative estimate of drug-likeness (QED) is 0.0320. The van der Waals surface area contributed by atoms with E-state index in [2.05, 4.69) is 19.2 Å². The molecule has 0 spiro atoms. The molecule has 2 unspecified atom stereocenters. The summed E-state index contributed by atoms with van der Waals surface area (Å²) in [6, 6.07) is -0.627. The van der Waals surface area contributed by atoms with Crippen molar-refractivity contribution in [1.82, 2.24) is 5.32 Å². The number of carbonyl (C=O) groups is 2. The fraction of sp³-hybridized carbons (Fsp3) is 0.946. The van der Waals surface area contributed by atoms with Crippen LogP contribution in [0.2, 0.25) is 0 Å². The molecule has 0 heterocycles. The zero-order valence-electron chi connectivity index (χ0n) is 54.6. The standard InChI is InChI=1S/C74H145NO5/c1-3-5-7-9-11-13-15-17-19-21-22-28-31-35-38-42-46-50-54-58-62-66-72(77)71(70-76)75-73(78)67-63-59-55-51-47-43-39-36-32-29-26-24-23-25-27-30-33-37-41-45-49-53-57-61-65-69-80-74(79)68-64-60-56-52-48-44-40-34-20-18-16-14-12-10-8-6-4-2/h62,66,71-72,76-77H,3-61,63-65,67-70H2,1-2H3,(H,75,78)/b66-62+. The van der Waals surface area contributed by atoms with Gasteiger partial charge in [0.1, 0.15) is 0 Å². The van der Waals surface area contributed by atoms with Gasteiger partial charge < -0.3 is 20.3 Å². The van der Waals surface area contributed by atoms with Gasteiger partial charge in [0.05, 0.1) is 25.4 Å². The maximum Gasteiger partial charge on any atom is 0.305 e. The van der Waals surface area contributed by atoms with Crippen LogP contribution in [0.3, 0.4) is 0 Å². The molecule has 0 rings (SSSR count). The second-order valence-electron chi connectivity index (χ2n) is 25.6. The van der Waals surface area contributed by atoms with Gasteiger partial charge in [-0.2, -0.15) is 0 Å². The van der Waals surface area contributed by atoms with Gasteiger partial charge in [-0.05, 0) is 32.1 Å². The van der Waals surface area contributed by atoms with Gasteiger partial charge in [0.25, 0.3) is 0 Å². The molecule has 0 aliphatic rings. The molecule has 0 saturated heterocycles. The molecule has 1 amide bonds. The zero-order chi connectivity index (χ0) is 57.8. The maximum absolute atomic E-state index is 12.5. The molecule has 0 aliphatic heterocycles. The van der Waals surface area contributed by atoms with E-state index in [9.17, 15) is 19.8 Å². The van der Waals surface area contributed by atoms with Crippen LogP contribution in [0.25, 0.3) is 0 Å². The highest BCUT2D eigenvalue weighted by atomic mass is 16.5. The summed E-state index contributed by atoms with van der Waals surface area (Å²) in [5.41, 5.74) is 0. The van der Waals surface area contributed by atoms with Crippen LogP contribution in [-0.4, -0.2) is 47.4 Å². The van der Waals surface area contributed by atoms with Crippen LogP contribution in [0, 0.1) is 0 Å². The number of ether oxygens (including phenoxy) is 1. The Bertz CT molecular complexity index is 1210. The van der Waals surface area contributed by atoms with Gasteiger partial charge in [0.2, 0.25) is 5.91 Å². The van der Waals surface area contributed by atoms with E-state index in [1.807, 2.05) is 6.08 Å². The van der Waals surface area contributed by atoms with E-state index in [4.69, 9.17) is 4.74 Å². The Labute approximate surface area is 501 Å². The number of carbonyl (C=O) groups excluding carboxylic acids is 2. The first-order valence-electron chi connectivity index (χ1n) is 37.0. The second-order valence-corrected chi connectivity index (χ2v) is 25.6. The van der Waals surface area contributed by atoms with E-state index < -0.39 is 12.1 Å². The number of nitrogens with one attached hydrogen (secondary N) is 1. The van der Waals surface area contributed by atoms with Crippen molar-refractivity contribution in [1.29, 1.82) is 0 Å². The average Bonchev–Trinajstić information content (AvgIpc) is 3.46. The van der Waals surface area contributed by atoms with Crippen LogP contribution < -0.4 is 5.32 Å². The lowest BCUT2D eigenvalue weighted by atomic mass is 10.0. The minimum atomic E-state index is -0.844. The Morgan fingerprint density at radius 3 is 0.850 bits per heavy atom. The van der Waals surface area contributed by atoms with Crippen molar-refractivity contribution in [3.05, 3.63) is 12.2 Å². The Balaban J connectivity index is 3.37. The van der Waals surface area contributed by atoms with Crippen molar-refractivity contribution in [2.45, 2.75) is 437 Å². The fourth-order valence-corrected chi connectivity index (χ4v) is 11.9. The lowest BCUT2D eigenvalue weighted by Crippen LogP contribution is -2.45. The summed E-state index contributed by atoms with van der Waals surface area (Å²) in [5, 5.41) is 23.3. The smallest absolute Gasteiger partial charge is 0.305 e. The van der Waals surface area contributed by atoms with Gasteiger partial charge in [0, 0.05) is 12.8 Å². The molecule has 0 saturated carbocycles. The summed E-state index contributed by atoms with van der Waals surface area (Å²) in [6.45, 7) is 4.96.